The zero-order valence-corrected chi connectivity index (χ0v) is 6.67. The Kier molecular flexibility index (Phi) is 3.96. The lowest BCUT2D eigenvalue weighted by Crippen LogP contribution is -2.28. The van der Waals surface area contributed by atoms with Crippen LogP contribution in [0.4, 0.5) is 0 Å². The fourth-order valence-corrected chi connectivity index (χ4v) is 0.264. The highest BCUT2D eigenvalue weighted by molar-refractivity contribution is 7.80. The predicted octanol–water partition coefficient (Wildman–Crippen LogP) is 0.476. The van der Waals surface area contributed by atoms with E-state index in [0.29, 0.717) is 5.11 Å². The Bertz CT molecular complexity index is 126. The summed E-state index contributed by atoms with van der Waals surface area (Å²) in [6.45, 7) is 3.79. The molecule has 0 saturated carbocycles. The van der Waals surface area contributed by atoms with Crippen molar-refractivity contribution in [1.29, 1.82) is 0 Å². The first-order valence-corrected chi connectivity index (χ1v) is 3.06. The summed E-state index contributed by atoms with van der Waals surface area (Å²) in [4.78, 5) is 0. The molecular weight excluding hydrogens is 134 g/mol. The molecule has 0 rings (SSSR count). The summed E-state index contributed by atoms with van der Waals surface area (Å²) in [7, 11) is 1.75. The predicted molar refractivity (Wildman–Crippen MR) is 43.6 cm³/mol. The van der Waals surface area contributed by atoms with Crippen molar-refractivity contribution in [2.45, 2.75) is 13.8 Å². The zero-order valence-electron chi connectivity index (χ0n) is 5.86. The van der Waals surface area contributed by atoms with Crippen LogP contribution in [0.25, 0.3) is 0 Å². The van der Waals surface area contributed by atoms with Crippen LogP contribution in [-0.4, -0.2) is 17.9 Å². The summed E-state index contributed by atoms with van der Waals surface area (Å²) in [6, 6.07) is 0. The maximum absolute atomic E-state index is 4.74. The topological polar surface area (TPSA) is 36.4 Å². The van der Waals surface area contributed by atoms with E-state index < -0.39 is 0 Å². The number of nitrogens with one attached hydrogen (secondary N) is 2. The molecule has 0 unspecified atom stereocenters. The third-order valence-corrected chi connectivity index (χ3v) is 0.904. The molecule has 0 aromatic heterocycles. The Balaban J connectivity index is 3.50. The van der Waals surface area contributed by atoms with Crippen LogP contribution in [0.5, 0.6) is 0 Å². The van der Waals surface area contributed by atoms with Crippen molar-refractivity contribution in [2.24, 2.45) is 5.10 Å². The third-order valence-electron chi connectivity index (χ3n) is 0.608. The molecule has 0 aliphatic carbocycles. The summed E-state index contributed by atoms with van der Waals surface area (Å²) >= 11 is 4.74. The first-order chi connectivity index (χ1) is 4.16. The molecule has 0 heterocycles. The van der Waals surface area contributed by atoms with Gasteiger partial charge in [0.2, 0.25) is 0 Å². The molecule has 0 aromatic rings. The van der Waals surface area contributed by atoms with Gasteiger partial charge in [-0.3, -0.25) is 5.43 Å². The van der Waals surface area contributed by atoms with Gasteiger partial charge in [-0.25, -0.2) is 0 Å². The number of nitrogens with zero attached hydrogens (tertiary/aromatic N) is 1. The van der Waals surface area contributed by atoms with E-state index in [-0.39, 0.29) is 0 Å². The van der Waals surface area contributed by atoms with E-state index in [9.17, 15) is 0 Å². The minimum atomic E-state index is 0.538. The summed E-state index contributed by atoms with van der Waals surface area (Å²) in [5.41, 5.74) is 3.59. The molecule has 0 fully saturated rings. The van der Waals surface area contributed by atoms with Gasteiger partial charge < -0.3 is 5.32 Å². The van der Waals surface area contributed by atoms with Crippen molar-refractivity contribution >= 4 is 23.0 Å². The molecule has 0 bridgehead atoms. The van der Waals surface area contributed by atoms with E-state index in [4.69, 9.17) is 12.2 Å². The second-order valence-electron chi connectivity index (χ2n) is 1.75. The van der Waals surface area contributed by atoms with Gasteiger partial charge >= 0.3 is 0 Å². The first kappa shape index (κ1) is 8.36. The van der Waals surface area contributed by atoms with Crippen molar-refractivity contribution in [3.63, 3.8) is 0 Å². The SMILES string of the molecule is CNC(=S)NN=C(C)C. The lowest BCUT2D eigenvalue weighted by atomic mass is 10.5. The molecule has 2 N–H and O–H groups in total. The van der Waals surface area contributed by atoms with E-state index in [2.05, 4.69) is 15.8 Å². The van der Waals surface area contributed by atoms with Crippen molar-refractivity contribution < 1.29 is 0 Å². The number of hydrogen-bond donors (Lipinski definition) is 2. The normalized spacial score (nSPS) is 7.89. The highest BCUT2D eigenvalue weighted by Gasteiger charge is 1.83. The Morgan fingerprint density at radius 3 is 2.33 bits per heavy atom. The van der Waals surface area contributed by atoms with Crippen LogP contribution in [-0.2, 0) is 0 Å². The van der Waals surface area contributed by atoms with Crippen LogP contribution in [0.2, 0.25) is 0 Å². The maximum atomic E-state index is 4.74. The Morgan fingerprint density at radius 1 is 1.44 bits per heavy atom. The van der Waals surface area contributed by atoms with Crippen LogP contribution in [0.1, 0.15) is 13.8 Å². The molecule has 0 amide bonds. The van der Waals surface area contributed by atoms with Crippen LogP contribution >= 0.6 is 12.2 Å². The number of thiocarbonyl (C=S) groups is 1. The van der Waals surface area contributed by atoms with Gasteiger partial charge in [-0.05, 0) is 26.1 Å². The molecule has 3 nitrogen and oxygen atoms in total. The van der Waals surface area contributed by atoms with E-state index >= 15 is 0 Å². The Morgan fingerprint density at radius 2 is 2.00 bits per heavy atom. The van der Waals surface area contributed by atoms with Gasteiger partial charge in [0, 0.05) is 12.8 Å². The Labute approximate surface area is 60.5 Å². The number of hydrazone groups is 1. The van der Waals surface area contributed by atoms with Gasteiger partial charge in [0.1, 0.15) is 0 Å². The van der Waals surface area contributed by atoms with Gasteiger partial charge in [-0.2, -0.15) is 5.10 Å². The molecule has 0 aliphatic rings. The second kappa shape index (κ2) is 4.26. The summed E-state index contributed by atoms with van der Waals surface area (Å²) in [5.74, 6) is 0. The summed E-state index contributed by atoms with van der Waals surface area (Å²) in [6.07, 6.45) is 0. The van der Waals surface area contributed by atoms with E-state index in [1.54, 1.807) is 7.05 Å². The molecular formula is C5H11N3S. The smallest absolute Gasteiger partial charge is 0.186 e. The molecule has 52 valence electrons. The van der Waals surface area contributed by atoms with Crippen molar-refractivity contribution in [3.8, 4) is 0 Å². The molecule has 0 aromatic carbocycles. The molecule has 0 saturated heterocycles. The van der Waals surface area contributed by atoms with Gasteiger partial charge in [-0.1, -0.05) is 0 Å². The highest BCUT2D eigenvalue weighted by Crippen LogP contribution is 1.69. The fourth-order valence-electron chi connectivity index (χ4n) is 0.218. The van der Waals surface area contributed by atoms with Gasteiger partial charge in [-0.15, -0.1) is 0 Å². The largest absolute Gasteiger partial charge is 0.364 e. The third kappa shape index (κ3) is 5.23. The molecule has 4 heteroatoms. The zero-order chi connectivity index (χ0) is 7.28. The second-order valence-corrected chi connectivity index (χ2v) is 2.16. The Hall–Kier alpha value is -0.640. The first-order valence-electron chi connectivity index (χ1n) is 2.65. The van der Waals surface area contributed by atoms with Gasteiger partial charge in [0.05, 0.1) is 0 Å². The molecule has 0 spiro atoms. The standard InChI is InChI=1S/C5H11N3S/c1-4(2)7-8-5(9)6-3/h1-3H3,(H2,6,8,9). The molecule has 9 heavy (non-hydrogen) atoms. The minimum absolute atomic E-state index is 0.538. The summed E-state index contributed by atoms with van der Waals surface area (Å²) in [5, 5.41) is 7.13. The molecule has 0 atom stereocenters. The number of rotatable bonds is 1. The van der Waals surface area contributed by atoms with Crippen LogP contribution in [0, 0.1) is 0 Å². The van der Waals surface area contributed by atoms with Crippen molar-refractivity contribution in [3.05, 3.63) is 0 Å². The van der Waals surface area contributed by atoms with Crippen molar-refractivity contribution in [1.82, 2.24) is 10.7 Å². The molecule has 0 radical (unpaired) electrons. The van der Waals surface area contributed by atoms with E-state index in [1.165, 1.54) is 0 Å². The molecule has 0 aliphatic heterocycles. The van der Waals surface area contributed by atoms with Crippen LogP contribution < -0.4 is 10.7 Å². The van der Waals surface area contributed by atoms with Crippen molar-refractivity contribution in [2.75, 3.05) is 7.05 Å². The number of hydrogen-bond acceptors (Lipinski definition) is 2. The van der Waals surface area contributed by atoms with Crippen LogP contribution in [0.3, 0.4) is 0 Å². The van der Waals surface area contributed by atoms with Gasteiger partial charge in [0.25, 0.3) is 0 Å². The average molecular weight is 145 g/mol. The minimum Gasteiger partial charge on any atom is -0.364 e. The van der Waals surface area contributed by atoms with Crippen LogP contribution in [0.15, 0.2) is 5.10 Å². The average Bonchev–Trinajstić information content (AvgIpc) is 1.83. The maximum Gasteiger partial charge on any atom is 0.186 e. The van der Waals surface area contributed by atoms with E-state index in [0.717, 1.165) is 5.71 Å². The lowest BCUT2D eigenvalue weighted by molar-refractivity contribution is 0.972. The highest BCUT2D eigenvalue weighted by atomic mass is 32.1. The van der Waals surface area contributed by atoms with E-state index in [1.807, 2.05) is 13.8 Å². The lowest BCUT2D eigenvalue weighted by Gasteiger charge is -1.99. The van der Waals surface area contributed by atoms with Gasteiger partial charge in [0.15, 0.2) is 5.11 Å². The summed E-state index contributed by atoms with van der Waals surface area (Å²) < 4.78 is 0. The fraction of sp³-hybridized carbons (Fsp3) is 0.600. The monoisotopic (exact) mass is 145 g/mol. The quantitative estimate of drug-likeness (QED) is 0.320.